The lowest BCUT2D eigenvalue weighted by Gasteiger charge is -2.20. The number of nitrogens with one attached hydrogen (secondary N) is 1. The predicted octanol–water partition coefficient (Wildman–Crippen LogP) is 1.55. The molecule has 1 amide bonds. The molecular weight excluding hydrogens is 268 g/mol. The normalized spacial score (nSPS) is 15.6. The molecule has 5 heteroatoms. The number of ether oxygens (including phenoxy) is 1. The Labute approximate surface area is 125 Å². The Morgan fingerprint density at radius 2 is 2.24 bits per heavy atom. The van der Waals surface area contributed by atoms with Crippen molar-refractivity contribution >= 4 is 5.91 Å². The number of aromatic hydroxyl groups is 1. The van der Waals surface area contributed by atoms with Crippen LogP contribution in [0.3, 0.4) is 0 Å². The average Bonchev–Trinajstić information content (AvgIpc) is 2.77. The number of carbonyl (C=O) groups is 1. The first kappa shape index (κ1) is 15.6. The summed E-state index contributed by atoms with van der Waals surface area (Å²) in [4.78, 5) is 14.1. The fourth-order valence-electron chi connectivity index (χ4n) is 2.54. The van der Waals surface area contributed by atoms with Crippen molar-refractivity contribution in [2.75, 3.05) is 32.8 Å². The van der Waals surface area contributed by atoms with Crippen molar-refractivity contribution in [2.45, 2.75) is 26.2 Å². The van der Waals surface area contributed by atoms with E-state index in [4.69, 9.17) is 4.74 Å². The lowest BCUT2D eigenvalue weighted by atomic mass is 10.1. The van der Waals surface area contributed by atoms with Crippen LogP contribution in [0.15, 0.2) is 18.2 Å². The van der Waals surface area contributed by atoms with Gasteiger partial charge in [0.1, 0.15) is 0 Å². The third-order valence-electron chi connectivity index (χ3n) is 3.68. The number of carbonyl (C=O) groups excluding carboxylic acids is 1. The predicted molar refractivity (Wildman–Crippen MR) is 81.7 cm³/mol. The highest BCUT2D eigenvalue weighted by Gasteiger charge is 2.16. The molecule has 0 radical (unpaired) electrons. The second-order valence-electron chi connectivity index (χ2n) is 5.18. The van der Waals surface area contributed by atoms with Crippen LogP contribution < -0.4 is 10.1 Å². The van der Waals surface area contributed by atoms with E-state index in [1.54, 1.807) is 6.07 Å². The molecule has 0 atom stereocenters. The van der Waals surface area contributed by atoms with Gasteiger partial charge in [0.2, 0.25) is 5.91 Å². The fourth-order valence-corrected chi connectivity index (χ4v) is 2.54. The molecule has 1 saturated heterocycles. The molecule has 1 aliphatic heterocycles. The zero-order chi connectivity index (χ0) is 15.1. The summed E-state index contributed by atoms with van der Waals surface area (Å²) in [5, 5.41) is 13.4. The third kappa shape index (κ3) is 4.36. The van der Waals surface area contributed by atoms with Gasteiger partial charge in [0, 0.05) is 26.1 Å². The van der Waals surface area contributed by atoms with Gasteiger partial charge < -0.3 is 20.1 Å². The maximum absolute atomic E-state index is 12.2. The number of amides is 1. The van der Waals surface area contributed by atoms with Gasteiger partial charge in [-0.3, -0.25) is 4.79 Å². The van der Waals surface area contributed by atoms with E-state index in [2.05, 4.69) is 5.32 Å². The highest BCUT2D eigenvalue weighted by molar-refractivity contribution is 5.76. The zero-order valence-electron chi connectivity index (χ0n) is 12.6. The van der Waals surface area contributed by atoms with Crippen LogP contribution in [0, 0.1) is 0 Å². The van der Waals surface area contributed by atoms with Crippen LogP contribution in [0.2, 0.25) is 0 Å². The standard InChI is InChI=1S/C16H24N2O3/c1-2-21-14-6-3-5-13(16(14)20)7-8-15(19)18-11-4-9-17-10-12-18/h3,5-6,17,20H,2,4,7-12H2,1H3. The minimum Gasteiger partial charge on any atom is -0.504 e. The van der Waals surface area contributed by atoms with Crippen molar-refractivity contribution < 1.29 is 14.6 Å². The monoisotopic (exact) mass is 292 g/mol. The molecule has 1 aromatic rings. The van der Waals surface area contributed by atoms with E-state index in [-0.39, 0.29) is 11.7 Å². The lowest BCUT2D eigenvalue weighted by molar-refractivity contribution is -0.130. The van der Waals surface area contributed by atoms with Gasteiger partial charge in [-0.1, -0.05) is 12.1 Å². The van der Waals surface area contributed by atoms with Crippen LogP contribution in [0.5, 0.6) is 11.5 Å². The molecule has 0 bridgehead atoms. The molecule has 21 heavy (non-hydrogen) atoms. The molecule has 1 fully saturated rings. The van der Waals surface area contributed by atoms with E-state index >= 15 is 0 Å². The van der Waals surface area contributed by atoms with E-state index in [0.29, 0.717) is 25.2 Å². The van der Waals surface area contributed by atoms with Crippen LogP contribution in [-0.4, -0.2) is 48.7 Å². The van der Waals surface area contributed by atoms with Gasteiger partial charge in [0.15, 0.2) is 11.5 Å². The SMILES string of the molecule is CCOc1cccc(CCC(=O)N2CCCNCC2)c1O. The van der Waals surface area contributed by atoms with Gasteiger partial charge in [-0.15, -0.1) is 0 Å². The minimum absolute atomic E-state index is 0.153. The number of phenolic OH excluding ortho intramolecular Hbond substituents is 1. The molecule has 2 rings (SSSR count). The van der Waals surface area contributed by atoms with Gasteiger partial charge >= 0.3 is 0 Å². The summed E-state index contributed by atoms with van der Waals surface area (Å²) in [6.07, 6.45) is 1.95. The van der Waals surface area contributed by atoms with Crippen molar-refractivity contribution in [2.24, 2.45) is 0 Å². The molecule has 2 N–H and O–H groups in total. The molecule has 1 heterocycles. The smallest absolute Gasteiger partial charge is 0.222 e. The van der Waals surface area contributed by atoms with Gasteiger partial charge in [-0.2, -0.15) is 0 Å². The van der Waals surface area contributed by atoms with Crippen LogP contribution in [0.4, 0.5) is 0 Å². The van der Waals surface area contributed by atoms with Crippen molar-refractivity contribution in [3.05, 3.63) is 23.8 Å². The van der Waals surface area contributed by atoms with E-state index in [1.807, 2.05) is 24.0 Å². The Balaban J connectivity index is 1.92. The van der Waals surface area contributed by atoms with Gasteiger partial charge in [-0.05, 0) is 37.9 Å². The summed E-state index contributed by atoms with van der Waals surface area (Å²) >= 11 is 0. The second-order valence-corrected chi connectivity index (χ2v) is 5.18. The van der Waals surface area contributed by atoms with E-state index in [1.165, 1.54) is 0 Å². The molecule has 0 aliphatic carbocycles. The average molecular weight is 292 g/mol. The first-order chi connectivity index (χ1) is 10.2. The number of phenols is 1. The van der Waals surface area contributed by atoms with E-state index < -0.39 is 0 Å². The maximum Gasteiger partial charge on any atom is 0.222 e. The quantitative estimate of drug-likeness (QED) is 0.864. The fraction of sp³-hybridized carbons (Fsp3) is 0.562. The van der Waals surface area contributed by atoms with Crippen molar-refractivity contribution in [1.82, 2.24) is 10.2 Å². The molecule has 0 unspecified atom stereocenters. The lowest BCUT2D eigenvalue weighted by Crippen LogP contribution is -2.34. The van der Waals surface area contributed by atoms with Crippen LogP contribution >= 0.6 is 0 Å². The van der Waals surface area contributed by atoms with Gasteiger partial charge in [0.05, 0.1) is 6.61 Å². The highest BCUT2D eigenvalue weighted by atomic mass is 16.5. The zero-order valence-corrected chi connectivity index (χ0v) is 12.6. The second kappa shape index (κ2) is 7.88. The topological polar surface area (TPSA) is 61.8 Å². The number of hydrogen-bond acceptors (Lipinski definition) is 4. The molecule has 5 nitrogen and oxygen atoms in total. The summed E-state index contributed by atoms with van der Waals surface area (Å²) in [5.41, 5.74) is 0.766. The minimum atomic E-state index is 0.153. The summed E-state index contributed by atoms with van der Waals surface area (Å²) in [6, 6.07) is 5.43. The number of para-hydroxylation sites is 1. The van der Waals surface area contributed by atoms with E-state index in [0.717, 1.165) is 38.2 Å². The number of aryl methyl sites for hydroxylation is 1. The summed E-state index contributed by atoms with van der Waals surface area (Å²) in [7, 11) is 0. The summed E-state index contributed by atoms with van der Waals surface area (Å²) in [6.45, 7) is 5.80. The molecule has 0 aromatic heterocycles. The Morgan fingerprint density at radius 1 is 1.38 bits per heavy atom. The number of hydrogen-bond donors (Lipinski definition) is 2. The van der Waals surface area contributed by atoms with E-state index in [9.17, 15) is 9.90 Å². The van der Waals surface area contributed by atoms with Crippen molar-refractivity contribution in [1.29, 1.82) is 0 Å². The highest BCUT2D eigenvalue weighted by Crippen LogP contribution is 2.30. The first-order valence-corrected chi connectivity index (χ1v) is 7.64. The third-order valence-corrected chi connectivity index (χ3v) is 3.68. The van der Waals surface area contributed by atoms with Gasteiger partial charge in [-0.25, -0.2) is 0 Å². The molecule has 0 saturated carbocycles. The van der Waals surface area contributed by atoms with Crippen LogP contribution in [0.1, 0.15) is 25.3 Å². The molecule has 0 spiro atoms. The molecular formula is C16H24N2O3. The Kier molecular flexibility index (Phi) is 5.87. The van der Waals surface area contributed by atoms with Gasteiger partial charge in [0.25, 0.3) is 0 Å². The Morgan fingerprint density at radius 3 is 3.05 bits per heavy atom. The van der Waals surface area contributed by atoms with Crippen LogP contribution in [0.25, 0.3) is 0 Å². The largest absolute Gasteiger partial charge is 0.504 e. The first-order valence-electron chi connectivity index (χ1n) is 7.64. The Bertz CT molecular complexity index is 469. The van der Waals surface area contributed by atoms with Crippen molar-refractivity contribution in [3.63, 3.8) is 0 Å². The summed E-state index contributed by atoms with van der Waals surface area (Å²) in [5.74, 6) is 0.797. The maximum atomic E-state index is 12.2. The number of rotatable bonds is 5. The molecule has 116 valence electrons. The molecule has 1 aromatic carbocycles. The molecule has 1 aliphatic rings. The summed E-state index contributed by atoms with van der Waals surface area (Å²) < 4.78 is 5.36. The number of benzene rings is 1. The van der Waals surface area contributed by atoms with Crippen LogP contribution in [-0.2, 0) is 11.2 Å². The number of nitrogens with zero attached hydrogens (tertiary/aromatic N) is 1. The Hall–Kier alpha value is -1.75. The van der Waals surface area contributed by atoms with Crippen molar-refractivity contribution in [3.8, 4) is 11.5 Å².